The van der Waals surface area contributed by atoms with E-state index in [1.165, 1.54) is 0 Å². The highest BCUT2D eigenvalue weighted by Gasteiger charge is 2.39. The topological polar surface area (TPSA) is 69.7 Å². The number of amides is 3. The van der Waals surface area contributed by atoms with E-state index in [1.54, 1.807) is 61.3 Å². The van der Waals surface area contributed by atoms with Crippen molar-refractivity contribution in [3.05, 3.63) is 99.7 Å². The summed E-state index contributed by atoms with van der Waals surface area (Å²) in [5.74, 6) is -1.40. The summed E-state index contributed by atoms with van der Waals surface area (Å²) in [5.41, 5.74) is 2.79. The third-order valence-corrected chi connectivity index (χ3v) is 5.87. The van der Waals surface area contributed by atoms with Crippen LogP contribution in [0.1, 0.15) is 15.9 Å². The highest BCUT2D eigenvalue weighted by Crippen LogP contribution is 2.33. The number of para-hydroxylation sites is 1. The van der Waals surface area contributed by atoms with Crippen LogP contribution in [-0.2, 0) is 9.59 Å². The number of imide groups is 1. The number of benzene rings is 3. The normalized spacial score (nSPS) is 13.5. The molecule has 3 aromatic carbocycles. The van der Waals surface area contributed by atoms with Crippen LogP contribution in [0.4, 0.5) is 17.1 Å². The molecule has 0 saturated heterocycles. The van der Waals surface area contributed by atoms with Crippen molar-refractivity contribution in [1.82, 2.24) is 0 Å². The van der Waals surface area contributed by atoms with Gasteiger partial charge >= 0.3 is 0 Å². The number of halogens is 2. The maximum absolute atomic E-state index is 13.0. The molecule has 0 bridgehead atoms. The van der Waals surface area contributed by atoms with Crippen molar-refractivity contribution in [2.45, 2.75) is 6.92 Å². The van der Waals surface area contributed by atoms with E-state index in [9.17, 15) is 14.4 Å². The molecule has 8 heteroatoms. The van der Waals surface area contributed by atoms with Gasteiger partial charge in [0.05, 0.1) is 5.69 Å². The molecule has 0 saturated carbocycles. The van der Waals surface area contributed by atoms with Crippen LogP contribution in [0.25, 0.3) is 0 Å². The molecule has 3 aromatic rings. The van der Waals surface area contributed by atoms with Gasteiger partial charge < -0.3 is 10.2 Å². The van der Waals surface area contributed by atoms with Crippen molar-refractivity contribution in [2.75, 3.05) is 22.2 Å². The maximum Gasteiger partial charge on any atom is 0.283 e. The van der Waals surface area contributed by atoms with E-state index in [-0.39, 0.29) is 16.6 Å². The summed E-state index contributed by atoms with van der Waals surface area (Å²) in [4.78, 5) is 41.0. The highest BCUT2D eigenvalue weighted by atomic mass is 35.5. The molecule has 1 aliphatic heterocycles. The Morgan fingerprint density at radius 1 is 0.909 bits per heavy atom. The Morgan fingerprint density at radius 3 is 2.24 bits per heavy atom. The van der Waals surface area contributed by atoms with Crippen LogP contribution in [0, 0.1) is 6.92 Å². The average molecular weight is 480 g/mol. The van der Waals surface area contributed by atoms with Crippen LogP contribution in [0.2, 0.25) is 5.02 Å². The minimum absolute atomic E-state index is 0.0403. The SMILES string of the molecule is Cc1ccc(Cl)cc1N1C(=O)C(Cl)=C(Nc2ccc(C(=O)N(C)c3ccccc3)cc2)C1=O. The minimum atomic E-state index is -0.634. The summed E-state index contributed by atoms with van der Waals surface area (Å²) in [5, 5.41) is 3.09. The minimum Gasteiger partial charge on any atom is -0.350 e. The molecule has 1 heterocycles. The fourth-order valence-corrected chi connectivity index (χ4v) is 3.84. The molecule has 0 radical (unpaired) electrons. The monoisotopic (exact) mass is 479 g/mol. The van der Waals surface area contributed by atoms with Gasteiger partial charge in [0.15, 0.2) is 0 Å². The molecule has 0 spiro atoms. The lowest BCUT2D eigenvalue weighted by atomic mass is 10.1. The number of hydrogen-bond acceptors (Lipinski definition) is 4. The molecule has 1 N–H and O–H groups in total. The zero-order valence-electron chi connectivity index (χ0n) is 17.8. The number of nitrogens with one attached hydrogen (secondary N) is 1. The van der Waals surface area contributed by atoms with E-state index in [0.717, 1.165) is 10.6 Å². The summed E-state index contributed by atoms with van der Waals surface area (Å²) in [7, 11) is 1.70. The highest BCUT2D eigenvalue weighted by molar-refractivity contribution is 6.53. The third kappa shape index (κ3) is 4.35. The molecule has 3 amide bonds. The summed E-state index contributed by atoms with van der Waals surface area (Å²) in [6, 6.07) is 20.8. The lowest BCUT2D eigenvalue weighted by Gasteiger charge is -2.18. The van der Waals surface area contributed by atoms with Crippen molar-refractivity contribution >= 4 is 58.0 Å². The van der Waals surface area contributed by atoms with E-state index >= 15 is 0 Å². The number of carbonyl (C=O) groups is 3. The van der Waals surface area contributed by atoms with E-state index in [0.29, 0.717) is 27.5 Å². The van der Waals surface area contributed by atoms with E-state index in [1.807, 2.05) is 30.3 Å². The largest absolute Gasteiger partial charge is 0.350 e. The Hall–Kier alpha value is -3.61. The Morgan fingerprint density at radius 2 is 1.58 bits per heavy atom. The first kappa shape index (κ1) is 22.6. The Bertz CT molecular complexity index is 1290. The summed E-state index contributed by atoms with van der Waals surface area (Å²) >= 11 is 12.3. The van der Waals surface area contributed by atoms with Gasteiger partial charge in [-0.05, 0) is 61.0 Å². The number of nitrogens with zero attached hydrogens (tertiary/aromatic N) is 2. The van der Waals surface area contributed by atoms with Gasteiger partial charge in [-0.15, -0.1) is 0 Å². The maximum atomic E-state index is 13.0. The molecule has 0 fully saturated rings. The van der Waals surface area contributed by atoms with Crippen molar-refractivity contribution in [3.63, 3.8) is 0 Å². The van der Waals surface area contributed by atoms with Crippen LogP contribution in [0.15, 0.2) is 83.5 Å². The van der Waals surface area contributed by atoms with E-state index in [2.05, 4.69) is 5.32 Å². The molecule has 0 aromatic heterocycles. The predicted octanol–water partition coefficient (Wildman–Crippen LogP) is 5.36. The Kier molecular flexibility index (Phi) is 6.22. The smallest absolute Gasteiger partial charge is 0.283 e. The molecular formula is C25H19Cl2N3O3. The van der Waals surface area contributed by atoms with Gasteiger partial charge in [0.1, 0.15) is 10.7 Å². The van der Waals surface area contributed by atoms with Crippen molar-refractivity contribution < 1.29 is 14.4 Å². The van der Waals surface area contributed by atoms with E-state index < -0.39 is 11.8 Å². The van der Waals surface area contributed by atoms with Gasteiger partial charge in [-0.2, -0.15) is 0 Å². The van der Waals surface area contributed by atoms with Gasteiger partial charge in [-0.25, -0.2) is 4.90 Å². The standard InChI is InChI=1S/C25H19Cl2N3O3/c1-15-8-11-17(26)14-20(15)30-24(32)21(27)22(25(30)33)28-18-12-9-16(10-13-18)23(31)29(2)19-6-4-3-5-7-19/h3-14,28H,1-2H3. The molecule has 33 heavy (non-hydrogen) atoms. The number of hydrogen-bond donors (Lipinski definition) is 1. The molecule has 166 valence electrons. The third-order valence-electron chi connectivity index (χ3n) is 5.29. The van der Waals surface area contributed by atoms with Crippen LogP contribution < -0.4 is 15.1 Å². The van der Waals surface area contributed by atoms with Crippen LogP contribution >= 0.6 is 23.2 Å². The second-order valence-electron chi connectivity index (χ2n) is 7.47. The fourth-order valence-electron chi connectivity index (χ4n) is 3.46. The number of anilines is 3. The lowest BCUT2D eigenvalue weighted by Crippen LogP contribution is -2.32. The summed E-state index contributed by atoms with van der Waals surface area (Å²) in [6.07, 6.45) is 0. The van der Waals surface area contributed by atoms with Crippen molar-refractivity contribution in [3.8, 4) is 0 Å². The first-order chi connectivity index (χ1) is 15.8. The predicted molar refractivity (Wildman–Crippen MR) is 131 cm³/mol. The average Bonchev–Trinajstić information content (AvgIpc) is 3.03. The molecule has 0 aliphatic carbocycles. The molecule has 1 aliphatic rings. The molecular weight excluding hydrogens is 461 g/mol. The van der Waals surface area contributed by atoms with Crippen LogP contribution in [0.3, 0.4) is 0 Å². The number of aryl methyl sites for hydroxylation is 1. The number of carbonyl (C=O) groups excluding carboxylic acids is 3. The van der Waals surface area contributed by atoms with Gasteiger partial charge in [-0.1, -0.05) is 47.5 Å². The van der Waals surface area contributed by atoms with Crippen LogP contribution in [-0.4, -0.2) is 24.8 Å². The summed E-state index contributed by atoms with van der Waals surface area (Å²) < 4.78 is 0. The second-order valence-corrected chi connectivity index (χ2v) is 8.28. The van der Waals surface area contributed by atoms with Gasteiger partial charge in [0.2, 0.25) is 0 Å². The molecule has 0 atom stereocenters. The molecule has 6 nitrogen and oxygen atoms in total. The number of rotatable bonds is 5. The van der Waals surface area contributed by atoms with Crippen molar-refractivity contribution in [2.24, 2.45) is 0 Å². The van der Waals surface area contributed by atoms with Crippen LogP contribution in [0.5, 0.6) is 0 Å². The zero-order valence-corrected chi connectivity index (χ0v) is 19.3. The molecule has 0 unspecified atom stereocenters. The van der Waals surface area contributed by atoms with Gasteiger partial charge in [-0.3, -0.25) is 14.4 Å². The van der Waals surface area contributed by atoms with Crippen molar-refractivity contribution in [1.29, 1.82) is 0 Å². The van der Waals surface area contributed by atoms with Gasteiger partial charge in [0, 0.05) is 29.0 Å². The second kappa shape index (κ2) is 9.10. The van der Waals surface area contributed by atoms with Gasteiger partial charge in [0.25, 0.3) is 17.7 Å². The first-order valence-electron chi connectivity index (χ1n) is 10.0. The Balaban J connectivity index is 1.53. The molecule has 4 rings (SSSR count). The first-order valence-corrected chi connectivity index (χ1v) is 10.8. The summed E-state index contributed by atoms with van der Waals surface area (Å²) in [6.45, 7) is 1.77. The lowest BCUT2D eigenvalue weighted by molar-refractivity contribution is -0.120. The zero-order chi connectivity index (χ0) is 23.7. The quantitative estimate of drug-likeness (QED) is 0.500. The van der Waals surface area contributed by atoms with E-state index in [4.69, 9.17) is 23.2 Å². The Labute approximate surface area is 201 Å². The fraction of sp³-hybridized carbons (Fsp3) is 0.0800.